The van der Waals surface area contributed by atoms with Gasteiger partial charge in [0.15, 0.2) is 6.29 Å². The van der Waals surface area contributed by atoms with Gasteiger partial charge in [-0.3, -0.25) is 0 Å². The first kappa shape index (κ1) is 13.9. The van der Waals surface area contributed by atoms with Crippen LogP contribution in [0.15, 0.2) is 23.7 Å². The van der Waals surface area contributed by atoms with Crippen LogP contribution in [-0.2, 0) is 14.2 Å². The predicted molar refractivity (Wildman–Crippen MR) is 64.3 cm³/mol. The van der Waals surface area contributed by atoms with Crippen LogP contribution in [0.4, 0.5) is 0 Å². The van der Waals surface area contributed by atoms with Crippen molar-refractivity contribution in [2.24, 2.45) is 0 Å². The minimum atomic E-state index is -0.744. The Morgan fingerprint density at radius 2 is 2.31 bits per heavy atom. The lowest BCUT2D eigenvalue weighted by atomic mass is 10.1. The first-order chi connectivity index (χ1) is 7.60. The van der Waals surface area contributed by atoms with Gasteiger partial charge in [0.25, 0.3) is 0 Å². The lowest BCUT2D eigenvalue weighted by Gasteiger charge is -2.19. The van der Waals surface area contributed by atoms with Crippen LogP contribution in [0.1, 0.15) is 6.42 Å². The lowest BCUT2D eigenvalue weighted by Crippen LogP contribution is -2.35. The monoisotopic (exact) mass is 292 g/mol. The maximum Gasteiger partial charge on any atom is 0.186 e. The van der Waals surface area contributed by atoms with Gasteiger partial charge in [-0.2, -0.15) is 0 Å². The molecule has 0 amide bonds. The highest BCUT2D eigenvalue weighted by molar-refractivity contribution is 9.11. The average Bonchev–Trinajstić information content (AvgIpc) is 2.55. The number of hydrogen-bond acceptors (Lipinski definition) is 4. The van der Waals surface area contributed by atoms with Crippen LogP contribution < -0.4 is 0 Å². The number of halogens is 1. The highest BCUT2D eigenvalue weighted by Crippen LogP contribution is 2.25. The Hall–Kier alpha value is -0.200. The zero-order valence-corrected chi connectivity index (χ0v) is 10.9. The summed E-state index contributed by atoms with van der Waals surface area (Å²) in [6.07, 6.45) is -0.00314. The van der Waals surface area contributed by atoms with Gasteiger partial charge in [-0.1, -0.05) is 28.6 Å². The Morgan fingerprint density at radius 1 is 1.62 bits per heavy atom. The number of methoxy groups -OCH3 is 1. The maximum atomic E-state index is 9.88. The molecule has 0 aromatic carbocycles. The molecule has 4 atom stereocenters. The molecule has 1 rings (SSSR count). The Kier molecular flexibility index (Phi) is 5.64. The van der Waals surface area contributed by atoms with Gasteiger partial charge < -0.3 is 19.3 Å². The van der Waals surface area contributed by atoms with Crippen molar-refractivity contribution in [2.75, 3.05) is 13.7 Å². The van der Waals surface area contributed by atoms with Crippen LogP contribution in [0.2, 0.25) is 0 Å². The van der Waals surface area contributed by atoms with E-state index in [-0.39, 0.29) is 0 Å². The summed E-state index contributed by atoms with van der Waals surface area (Å²) in [5.74, 6) is 0. The van der Waals surface area contributed by atoms with Crippen LogP contribution >= 0.6 is 15.9 Å². The molecule has 0 aromatic rings. The van der Waals surface area contributed by atoms with Crippen LogP contribution in [0.5, 0.6) is 0 Å². The number of ether oxygens (including phenoxy) is 3. The Labute approximate surface area is 104 Å². The van der Waals surface area contributed by atoms with Gasteiger partial charge in [-0.05, 0) is 4.48 Å². The first-order valence-electron chi connectivity index (χ1n) is 5.04. The second-order valence-electron chi connectivity index (χ2n) is 3.53. The molecule has 16 heavy (non-hydrogen) atoms. The van der Waals surface area contributed by atoms with Crippen LogP contribution in [0, 0.1) is 0 Å². The van der Waals surface area contributed by atoms with Crippen LogP contribution in [0.3, 0.4) is 0 Å². The van der Waals surface area contributed by atoms with Gasteiger partial charge >= 0.3 is 0 Å². The summed E-state index contributed by atoms with van der Waals surface area (Å²) < 4.78 is 16.9. The quantitative estimate of drug-likeness (QED) is 0.756. The van der Waals surface area contributed by atoms with Gasteiger partial charge in [-0.25, -0.2) is 0 Å². The highest BCUT2D eigenvalue weighted by atomic mass is 79.9. The SMILES string of the molecule is C=C[C@H]1O[C@@H](OC)[C@H](OCCC(=C)Br)[C@H]1O. The summed E-state index contributed by atoms with van der Waals surface area (Å²) in [6, 6.07) is 0. The molecular weight excluding hydrogens is 276 g/mol. The molecule has 1 fully saturated rings. The molecule has 0 aromatic heterocycles. The van der Waals surface area contributed by atoms with E-state index in [1.807, 2.05) is 0 Å². The summed E-state index contributed by atoms with van der Waals surface area (Å²) in [5, 5.41) is 9.88. The number of aliphatic hydroxyl groups is 1. The molecule has 0 saturated carbocycles. The van der Waals surface area contributed by atoms with Crippen molar-refractivity contribution in [3.63, 3.8) is 0 Å². The fraction of sp³-hybridized carbons (Fsp3) is 0.636. The van der Waals surface area contributed by atoms with Gasteiger partial charge in [-0.15, -0.1) is 6.58 Å². The smallest absolute Gasteiger partial charge is 0.186 e. The van der Waals surface area contributed by atoms with E-state index in [1.54, 1.807) is 6.08 Å². The summed E-state index contributed by atoms with van der Waals surface area (Å²) in [4.78, 5) is 0. The van der Waals surface area contributed by atoms with Crippen molar-refractivity contribution >= 4 is 15.9 Å². The third-order valence-electron chi connectivity index (χ3n) is 2.38. The summed E-state index contributed by atoms with van der Waals surface area (Å²) in [6.45, 7) is 7.75. The van der Waals surface area contributed by atoms with E-state index >= 15 is 0 Å². The normalized spacial score (nSPS) is 33.9. The molecule has 5 heteroatoms. The number of rotatable bonds is 6. The van der Waals surface area contributed by atoms with Crippen LogP contribution in [0.25, 0.3) is 0 Å². The minimum Gasteiger partial charge on any atom is -0.387 e. The van der Waals surface area contributed by atoms with E-state index in [4.69, 9.17) is 14.2 Å². The molecule has 1 aliphatic rings. The second kappa shape index (κ2) is 6.51. The summed E-state index contributed by atoms with van der Waals surface area (Å²) in [7, 11) is 1.52. The average molecular weight is 293 g/mol. The molecule has 0 spiro atoms. The molecule has 0 radical (unpaired) electrons. The van der Waals surface area contributed by atoms with Crippen LogP contribution in [-0.4, -0.2) is 43.4 Å². The van der Waals surface area contributed by atoms with Crippen molar-refractivity contribution in [3.05, 3.63) is 23.7 Å². The minimum absolute atomic E-state index is 0.442. The fourth-order valence-electron chi connectivity index (χ4n) is 1.53. The van der Waals surface area contributed by atoms with Crippen molar-refractivity contribution in [1.82, 2.24) is 0 Å². The molecule has 1 heterocycles. The van der Waals surface area contributed by atoms with Crippen molar-refractivity contribution in [1.29, 1.82) is 0 Å². The zero-order chi connectivity index (χ0) is 12.1. The molecule has 92 valence electrons. The molecule has 0 bridgehead atoms. The van der Waals surface area contributed by atoms with E-state index in [0.29, 0.717) is 13.0 Å². The number of hydrogen-bond donors (Lipinski definition) is 1. The second-order valence-corrected chi connectivity index (χ2v) is 4.66. The zero-order valence-electron chi connectivity index (χ0n) is 9.27. The molecule has 1 aliphatic heterocycles. The van der Waals surface area contributed by atoms with Crippen molar-refractivity contribution in [2.45, 2.75) is 31.0 Å². The van der Waals surface area contributed by atoms with E-state index in [0.717, 1.165) is 4.48 Å². The Morgan fingerprint density at radius 3 is 2.81 bits per heavy atom. The van der Waals surface area contributed by atoms with E-state index in [2.05, 4.69) is 29.1 Å². The van der Waals surface area contributed by atoms with Gasteiger partial charge in [0.2, 0.25) is 0 Å². The van der Waals surface area contributed by atoms with E-state index in [9.17, 15) is 5.11 Å². The highest BCUT2D eigenvalue weighted by Gasteiger charge is 2.43. The van der Waals surface area contributed by atoms with E-state index in [1.165, 1.54) is 7.11 Å². The van der Waals surface area contributed by atoms with Gasteiger partial charge in [0, 0.05) is 13.5 Å². The molecule has 0 aliphatic carbocycles. The Bertz CT molecular complexity index is 256. The summed E-state index contributed by atoms with van der Waals surface area (Å²) in [5.41, 5.74) is 0. The standard InChI is InChI=1S/C11H17BrO4/c1-4-8-9(13)10(11(14-3)16-8)15-6-5-7(2)12/h4,8-11,13H,1-2,5-6H2,3H3/t8-,9+,10-,11-/m1/s1. The van der Waals surface area contributed by atoms with Crippen molar-refractivity contribution in [3.8, 4) is 0 Å². The molecule has 1 N–H and O–H groups in total. The molecule has 1 saturated heterocycles. The largest absolute Gasteiger partial charge is 0.387 e. The third-order valence-corrected chi connectivity index (χ3v) is 2.78. The molecular formula is C11H17BrO4. The lowest BCUT2D eigenvalue weighted by molar-refractivity contribution is -0.157. The predicted octanol–water partition coefficient (Wildman–Crippen LogP) is 1.59. The topological polar surface area (TPSA) is 47.9 Å². The maximum absolute atomic E-state index is 9.88. The van der Waals surface area contributed by atoms with Gasteiger partial charge in [0.1, 0.15) is 18.3 Å². The Balaban J connectivity index is 2.48. The fourth-order valence-corrected chi connectivity index (χ4v) is 1.69. The number of aliphatic hydroxyl groups excluding tert-OH is 1. The molecule has 4 nitrogen and oxygen atoms in total. The van der Waals surface area contributed by atoms with E-state index < -0.39 is 24.6 Å². The molecule has 0 unspecified atom stereocenters. The van der Waals surface area contributed by atoms with Crippen molar-refractivity contribution < 1.29 is 19.3 Å². The van der Waals surface area contributed by atoms with Gasteiger partial charge in [0.05, 0.1) is 6.61 Å². The summed E-state index contributed by atoms with van der Waals surface area (Å²) >= 11 is 3.24. The first-order valence-corrected chi connectivity index (χ1v) is 5.83. The third kappa shape index (κ3) is 3.40.